The Kier molecular flexibility index (Phi) is 7.18. The van der Waals surface area contributed by atoms with E-state index in [4.69, 9.17) is 10.1 Å². The summed E-state index contributed by atoms with van der Waals surface area (Å²) in [5.41, 5.74) is 4.67. The minimum absolute atomic E-state index is 0.155. The highest BCUT2D eigenvalue weighted by Crippen LogP contribution is 2.34. The Balaban J connectivity index is 1.49. The molecular weight excluding hydrogens is 412 g/mol. The van der Waals surface area contributed by atoms with Gasteiger partial charge in [-0.25, -0.2) is 18.3 Å². The van der Waals surface area contributed by atoms with Crippen molar-refractivity contribution >= 4 is 11.6 Å². The van der Waals surface area contributed by atoms with Gasteiger partial charge in [0.25, 0.3) is 6.43 Å². The molecule has 0 spiro atoms. The van der Waals surface area contributed by atoms with E-state index in [1.54, 1.807) is 0 Å². The number of amides is 1. The van der Waals surface area contributed by atoms with Crippen LogP contribution in [0.25, 0.3) is 5.65 Å². The molecule has 1 aliphatic heterocycles. The van der Waals surface area contributed by atoms with Crippen molar-refractivity contribution in [2.45, 2.75) is 71.3 Å². The number of alkyl halides is 2. The molecule has 0 aromatic carbocycles. The van der Waals surface area contributed by atoms with E-state index < -0.39 is 13.0 Å². The Morgan fingerprint density at radius 2 is 2.12 bits per heavy atom. The molecule has 0 saturated carbocycles. The third-order valence-corrected chi connectivity index (χ3v) is 6.81. The van der Waals surface area contributed by atoms with Gasteiger partial charge in [0.2, 0.25) is 5.91 Å². The summed E-state index contributed by atoms with van der Waals surface area (Å²) in [5, 5.41) is 7.19. The summed E-state index contributed by atoms with van der Waals surface area (Å²) >= 11 is 0. The van der Waals surface area contributed by atoms with Crippen LogP contribution in [0.5, 0.6) is 0 Å². The fourth-order valence-electron chi connectivity index (χ4n) is 5.12. The normalized spacial score (nSPS) is 21.7. The highest BCUT2D eigenvalue weighted by atomic mass is 19.3. The molecule has 2 aromatic heterocycles. The number of halogens is 2. The number of fused-ring (bicyclic) bond motifs is 1. The second kappa shape index (κ2) is 10.1. The Morgan fingerprint density at radius 1 is 1.28 bits per heavy atom. The van der Waals surface area contributed by atoms with E-state index in [1.165, 1.54) is 25.7 Å². The zero-order valence-corrected chi connectivity index (χ0v) is 19.0. The van der Waals surface area contributed by atoms with E-state index in [9.17, 15) is 13.6 Å². The first-order chi connectivity index (χ1) is 15.4. The number of likely N-dealkylation sites (tertiary alicyclic amines) is 1. The minimum atomic E-state index is -2.53. The number of aromatic nitrogens is 3. The Labute approximate surface area is 188 Å². The van der Waals surface area contributed by atoms with E-state index >= 15 is 0 Å². The van der Waals surface area contributed by atoms with Gasteiger partial charge in [0.1, 0.15) is 0 Å². The highest BCUT2D eigenvalue weighted by molar-refractivity contribution is 5.76. The largest absolute Gasteiger partial charge is 0.350 e. The van der Waals surface area contributed by atoms with Crippen LogP contribution in [-0.4, -0.2) is 51.5 Å². The number of nitrogens with zero attached hydrogens (tertiary/aromatic N) is 4. The molecule has 3 heterocycles. The Morgan fingerprint density at radius 3 is 2.88 bits per heavy atom. The van der Waals surface area contributed by atoms with Crippen molar-refractivity contribution in [2.24, 2.45) is 5.92 Å². The number of nitrogens with one attached hydrogen (secondary N) is 1. The van der Waals surface area contributed by atoms with Crippen LogP contribution in [0.2, 0.25) is 0 Å². The van der Waals surface area contributed by atoms with E-state index in [-0.39, 0.29) is 12.3 Å². The van der Waals surface area contributed by atoms with Crippen molar-refractivity contribution in [1.82, 2.24) is 24.8 Å². The zero-order chi connectivity index (χ0) is 22.7. The molecule has 1 fully saturated rings. The number of carbonyl (C=O) groups is 1. The molecule has 0 bridgehead atoms. The summed E-state index contributed by atoms with van der Waals surface area (Å²) in [7, 11) is 0. The van der Waals surface area contributed by atoms with Crippen LogP contribution < -0.4 is 5.32 Å². The molecule has 6 nitrogen and oxygen atoms in total. The van der Waals surface area contributed by atoms with Gasteiger partial charge in [-0.15, -0.1) is 0 Å². The zero-order valence-electron chi connectivity index (χ0n) is 19.0. The van der Waals surface area contributed by atoms with Gasteiger partial charge in [-0.3, -0.25) is 9.69 Å². The van der Waals surface area contributed by atoms with Crippen LogP contribution in [0, 0.1) is 19.8 Å². The van der Waals surface area contributed by atoms with Crippen LogP contribution in [0.1, 0.15) is 67.2 Å². The molecule has 32 heavy (non-hydrogen) atoms. The molecular formula is C24H33F2N5O. The molecule has 0 radical (unpaired) electrons. The van der Waals surface area contributed by atoms with Gasteiger partial charge >= 0.3 is 0 Å². The van der Waals surface area contributed by atoms with Gasteiger partial charge < -0.3 is 5.32 Å². The van der Waals surface area contributed by atoms with E-state index in [2.05, 4.69) is 28.4 Å². The van der Waals surface area contributed by atoms with Crippen LogP contribution in [0.15, 0.2) is 18.2 Å². The summed E-state index contributed by atoms with van der Waals surface area (Å²) in [6.07, 6.45) is 8.59. The molecule has 174 valence electrons. The smallest absolute Gasteiger partial charge is 0.255 e. The Bertz CT molecular complexity index is 986. The minimum Gasteiger partial charge on any atom is -0.350 e. The standard InChI is InChI=1S/C24H33F2N5O/c1-16-19(10-11-24(32)27-14-22(25)26)17(2)31-23(28-16)13-20(29-31)21-9-6-12-30(21)15-18-7-4-3-5-8-18/h3-4,13,18,21-22H,5-12,14-15H2,1-2H3,(H,27,32). The predicted molar refractivity (Wildman–Crippen MR) is 120 cm³/mol. The van der Waals surface area contributed by atoms with E-state index in [0.717, 1.165) is 53.7 Å². The third kappa shape index (κ3) is 5.17. The molecule has 4 rings (SSSR count). The van der Waals surface area contributed by atoms with Crippen molar-refractivity contribution in [1.29, 1.82) is 0 Å². The average Bonchev–Trinajstić information content (AvgIpc) is 3.39. The lowest BCUT2D eigenvalue weighted by molar-refractivity contribution is -0.121. The van der Waals surface area contributed by atoms with E-state index in [0.29, 0.717) is 12.5 Å². The van der Waals surface area contributed by atoms with Crippen LogP contribution in [0.3, 0.4) is 0 Å². The summed E-state index contributed by atoms with van der Waals surface area (Å²) < 4.78 is 26.5. The first-order valence-corrected chi connectivity index (χ1v) is 11.7. The number of carbonyl (C=O) groups excluding carboxylic acids is 1. The number of allylic oxidation sites excluding steroid dienone is 2. The lowest BCUT2D eigenvalue weighted by atomic mass is 9.93. The van der Waals surface area contributed by atoms with Crippen molar-refractivity contribution < 1.29 is 13.6 Å². The van der Waals surface area contributed by atoms with Gasteiger partial charge in [-0.1, -0.05) is 12.2 Å². The maximum atomic E-state index is 12.3. The quantitative estimate of drug-likeness (QED) is 0.620. The molecule has 2 aromatic rings. The number of rotatable bonds is 8. The first kappa shape index (κ1) is 22.8. The third-order valence-electron chi connectivity index (χ3n) is 6.81. The average molecular weight is 446 g/mol. The van der Waals surface area contributed by atoms with Gasteiger partial charge in [0, 0.05) is 30.4 Å². The summed E-state index contributed by atoms with van der Waals surface area (Å²) in [6.45, 7) is 5.55. The van der Waals surface area contributed by atoms with Gasteiger partial charge in [-0.2, -0.15) is 5.10 Å². The number of hydrogen-bond acceptors (Lipinski definition) is 4. The summed E-state index contributed by atoms with van der Waals surface area (Å²) in [5.74, 6) is 0.354. The molecule has 1 aliphatic carbocycles. The van der Waals surface area contributed by atoms with Gasteiger partial charge in [0.05, 0.1) is 18.3 Å². The predicted octanol–water partition coefficient (Wildman–Crippen LogP) is 4.15. The molecule has 2 unspecified atom stereocenters. The highest BCUT2D eigenvalue weighted by Gasteiger charge is 2.30. The van der Waals surface area contributed by atoms with E-state index in [1.807, 2.05) is 18.4 Å². The SMILES string of the molecule is Cc1nc2cc(C3CCCN3CC3CC=CCC3)nn2c(C)c1CCC(=O)NCC(F)F. The maximum Gasteiger partial charge on any atom is 0.255 e. The second-order valence-electron chi connectivity index (χ2n) is 9.10. The summed E-state index contributed by atoms with van der Waals surface area (Å²) in [4.78, 5) is 19.2. The van der Waals surface area contributed by atoms with Crippen molar-refractivity contribution in [3.8, 4) is 0 Å². The monoisotopic (exact) mass is 445 g/mol. The lowest BCUT2D eigenvalue weighted by Crippen LogP contribution is -2.30. The van der Waals surface area contributed by atoms with Crippen molar-refractivity contribution in [2.75, 3.05) is 19.6 Å². The molecule has 1 saturated heterocycles. The number of hydrogen-bond donors (Lipinski definition) is 1. The fourth-order valence-corrected chi connectivity index (χ4v) is 5.12. The molecule has 1 N–H and O–H groups in total. The van der Waals surface area contributed by atoms with Gasteiger partial charge in [0.15, 0.2) is 5.65 Å². The van der Waals surface area contributed by atoms with Crippen LogP contribution in [0.4, 0.5) is 8.78 Å². The van der Waals surface area contributed by atoms with Gasteiger partial charge in [-0.05, 0) is 70.4 Å². The summed E-state index contributed by atoms with van der Waals surface area (Å²) in [6, 6.07) is 2.42. The van der Waals surface area contributed by atoms with Crippen LogP contribution in [-0.2, 0) is 11.2 Å². The molecule has 2 atom stereocenters. The maximum absolute atomic E-state index is 12.3. The Hall–Kier alpha value is -2.35. The van der Waals surface area contributed by atoms with Crippen molar-refractivity contribution in [3.63, 3.8) is 0 Å². The van der Waals surface area contributed by atoms with Crippen molar-refractivity contribution in [3.05, 3.63) is 40.9 Å². The second-order valence-corrected chi connectivity index (χ2v) is 9.10. The molecule has 1 amide bonds. The number of aryl methyl sites for hydroxylation is 2. The molecule has 8 heteroatoms. The fraction of sp³-hybridized carbons (Fsp3) is 0.625. The van der Waals surface area contributed by atoms with Crippen LogP contribution >= 0.6 is 0 Å². The first-order valence-electron chi connectivity index (χ1n) is 11.7. The topological polar surface area (TPSA) is 62.5 Å². The lowest BCUT2D eigenvalue weighted by Gasteiger charge is -2.28. The molecule has 2 aliphatic rings.